The average molecular weight is 459 g/mol. The van der Waals surface area contributed by atoms with Gasteiger partial charge in [0.25, 0.3) is 5.91 Å². The fourth-order valence-electron chi connectivity index (χ4n) is 4.35. The summed E-state index contributed by atoms with van der Waals surface area (Å²) in [5.74, 6) is -0.812. The summed E-state index contributed by atoms with van der Waals surface area (Å²) < 4.78 is 22.6. The first-order chi connectivity index (χ1) is 15.7. The average Bonchev–Trinajstić information content (AvgIpc) is 3.37. The molecular formula is C23H31FN6O3. The van der Waals surface area contributed by atoms with Crippen molar-refractivity contribution in [3.63, 3.8) is 0 Å². The highest BCUT2D eigenvalue weighted by Crippen LogP contribution is 2.34. The smallest absolute Gasteiger partial charge is 0.407 e. The number of alkyl carbamates (subject to hydrolysis) is 1. The lowest BCUT2D eigenvalue weighted by molar-refractivity contribution is 0.0488. The van der Waals surface area contributed by atoms with Gasteiger partial charge >= 0.3 is 6.09 Å². The van der Waals surface area contributed by atoms with Crippen LogP contribution in [0, 0.1) is 5.82 Å². The van der Waals surface area contributed by atoms with Crippen molar-refractivity contribution in [1.29, 1.82) is 0 Å². The van der Waals surface area contributed by atoms with Crippen LogP contribution in [0.4, 0.5) is 15.0 Å². The number of amides is 2. The third-order valence-corrected chi connectivity index (χ3v) is 5.91. The minimum absolute atomic E-state index is 0.0763. The summed E-state index contributed by atoms with van der Waals surface area (Å²) in [6.45, 7) is 8.16. The van der Waals surface area contributed by atoms with Crippen molar-refractivity contribution in [3.05, 3.63) is 29.3 Å². The summed E-state index contributed by atoms with van der Waals surface area (Å²) in [5, 5.41) is 13.1. The molecule has 2 aromatic heterocycles. The van der Waals surface area contributed by atoms with Crippen molar-refractivity contribution in [2.75, 3.05) is 5.32 Å². The first-order valence-corrected chi connectivity index (χ1v) is 11.5. The molecule has 1 aliphatic heterocycles. The number of halogens is 1. The number of aryl methyl sites for hydroxylation is 1. The molecule has 2 aromatic rings. The molecule has 0 spiro atoms. The molecule has 1 aliphatic carbocycles. The Morgan fingerprint density at radius 3 is 2.70 bits per heavy atom. The van der Waals surface area contributed by atoms with E-state index >= 15 is 4.39 Å². The van der Waals surface area contributed by atoms with E-state index in [4.69, 9.17) is 4.74 Å². The molecule has 33 heavy (non-hydrogen) atoms. The van der Waals surface area contributed by atoms with E-state index in [1.807, 2.05) is 27.7 Å². The number of fused-ring (bicyclic) bond motifs is 1. The van der Waals surface area contributed by atoms with Gasteiger partial charge in [-0.1, -0.05) is 12.8 Å². The van der Waals surface area contributed by atoms with E-state index in [9.17, 15) is 9.59 Å². The maximum atomic E-state index is 15.4. The van der Waals surface area contributed by atoms with Gasteiger partial charge in [0, 0.05) is 36.5 Å². The largest absolute Gasteiger partial charge is 0.444 e. The summed E-state index contributed by atoms with van der Waals surface area (Å²) >= 11 is 0. The van der Waals surface area contributed by atoms with Crippen LogP contribution < -0.4 is 16.0 Å². The lowest BCUT2D eigenvalue weighted by atomic mass is 9.90. The highest BCUT2D eigenvalue weighted by molar-refractivity contribution is 6.04. The topological polar surface area (TPSA) is 110 Å². The van der Waals surface area contributed by atoms with E-state index in [1.54, 1.807) is 17.1 Å². The number of anilines is 1. The summed E-state index contributed by atoms with van der Waals surface area (Å²) in [7, 11) is 0. The molecule has 0 bridgehead atoms. The predicted molar refractivity (Wildman–Crippen MR) is 121 cm³/mol. The molecule has 2 aliphatic rings. The van der Waals surface area contributed by atoms with Crippen LogP contribution in [0.2, 0.25) is 0 Å². The van der Waals surface area contributed by atoms with E-state index in [2.05, 4.69) is 26.0 Å². The number of hydrogen-bond donors (Lipinski definition) is 3. The molecule has 4 rings (SSSR count). The van der Waals surface area contributed by atoms with Crippen LogP contribution in [0.25, 0.3) is 11.3 Å². The second-order valence-electron chi connectivity index (χ2n) is 9.53. The van der Waals surface area contributed by atoms with Crippen LogP contribution in [-0.4, -0.2) is 44.4 Å². The van der Waals surface area contributed by atoms with Gasteiger partial charge in [0.1, 0.15) is 5.60 Å². The van der Waals surface area contributed by atoms with Gasteiger partial charge in [0.15, 0.2) is 11.6 Å². The zero-order valence-electron chi connectivity index (χ0n) is 19.5. The number of nitrogens with zero attached hydrogens (tertiary/aromatic N) is 3. The number of carbonyl (C=O) groups excluding carboxylic acids is 2. The first-order valence-electron chi connectivity index (χ1n) is 11.5. The Kier molecular flexibility index (Phi) is 6.27. The zero-order valence-corrected chi connectivity index (χ0v) is 19.5. The standard InChI is InChI=1S/C23H31FN6O3/c1-5-30-12-13(10-26-30)19-17-14(11-25-21(17)31)18(24)20(29-19)27-15-8-6-7-9-16(15)28-22(32)33-23(2,3)4/h10,12,15-16H,5-9,11H2,1-4H3,(H,25,31)(H,27,29)(H,28,32). The second-order valence-corrected chi connectivity index (χ2v) is 9.53. The normalized spacial score (nSPS) is 20.2. The molecule has 2 amide bonds. The first kappa shape index (κ1) is 23.0. The molecule has 3 heterocycles. The molecule has 0 aromatic carbocycles. The van der Waals surface area contributed by atoms with Gasteiger partial charge in [-0.2, -0.15) is 5.10 Å². The summed E-state index contributed by atoms with van der Waals surface area (Å²) in [4.78, 5) is 29.3. The van der Waals surface area contributed by atoms with Gasteiger partial charge < -0.3 is 20.7 Å². The van der Waals surface area contributed by atoms with Crippen LogP contribution in [0.5, 0.6) is 0 Å². The highest BCUT2D eigenvalue weighted by atomic mass is 19.1. The fourth-order valence-corrected chi connectivity index (χ4v) is 4.35. The molecule has 178 valence electrons. The Labute approximate surface area is 192 Å². The number of aromatic nitrogens is 3. The molecular weight excluding hydrogens is 427 g/mol. The minimum atomic E-state index is -0.604. The monoisotopic (exact) mass is 458 g/mol. The van der Waals surface area contributed by atoms with Crippen LogP contribution in [-0.2, 0) is 17.8 Å². The van der Waals surface area contributed by atoms with Crippen molar-refractivity contribution in [2.24, 2.45) is 0 Å². The van der Waals surface area contributed by atoms with Gasteiger partial charge in [-0.15, -0.1) is 0 Å². The van der Waals surface area contributed by atoms with E-state index in [0.29, 0.717) is 23.4 Å². The Morgan fingerprint density at radius 2 is 2.03 bits per heavy atom. The van der Waals surface area contributed by atoms with Crippen molar-refractivity contribution in [2.45, 2.75) is 84.2 Å². The lowest BCUT2D eigenvalue weighted by Crippen LogP contribution is -2.50. The van der Waals surface area contributed by atoms with E-state index in [1.165, 1.54) is 0 Å². The van der Waals surface area contributed by atoms with Crippen LogP contribution in [0.15, 0.2) is 12.4 Å². The van der Waals surface area contributed by atoms with Crippen molar-refractivity contribution >= 4 is 17.8 Å². The fraction of sp³-hybridized carbons (Fsp3) is 0.565. The summed E-state index contributed by atoms with van der Waals surface area (Å²) in [6.07, 6.45) is 6.34. The Hall–Kier alpha value is -3.17. The van der Waals surface area contributed by atoms with E-state index in [0.717, 1.165) is 25.7 Å². The number of carbonyl (C=O) groups is 2. The summed E-state index contributed by atoms with van der Waals surface area (Å²) in [6, 6.07) is -0.447. The number of rotatable bonds is 5. The molecule has 10 heteroatoms. The highest BCUT2D eigenvalue weighted by Gasteiger charge is 2.33. The number of hydrogen-bond acceptors (Lipinski definition) is 6. The number of nitrogens with one attached hydrogen (secondary N) is 3. The molecule has 1 saturated carbocycles. The van der Waals surface area contributed by atoms with Gasteiger partial charge in [-0.05, 0) is 40.5 Å². The van der Waals surface area contributed by atoms with Crippen molar-refractivity contribution < 1.29 is 18.7 Å². The van der Waals surface area contributed by atoms with E-state index < -0.39 is 17.5 Å². The number of ether oxygens (including phenoxy) is 1. The van der Waals surface area contributed by atoms with Crippen LogP contribution in [0.3, 0.4) is 0 Å². The molecule has 2 unspecified atom stereocenters. The van der Waals surface area contributed by atoms with Gasteiger partial charge in [-0.25, -0.2) is 14.2 Å². The third kappa shape index (κ3) is 4.94. The molecule has 9 nitrogen and oxygen atoms in total. The van der Waals surface area contributed by atoms with Crippen molar-refractivity contribution in [1.82, 2.24) is 25.4 Å². The van der Waals surface area contributed by atoms with Crippen LogP contribution >= 0.6 is 0 Å². The van der Waals surface area contributed by atoms with Gasteiger partial charge in [0.2, 0.25) is 0 Å². The molecule has 2 atom stereocenters. The maximum Gasteiger partial charge on any atom is 0.407 e. The SMILES string of the molecule is CCn1cc(-c2nc(NC3CCCCC3NC(=O)OC(C)(C)C)c(F)c3c2C(=O)NC3)cn1. The van der Waals surface area contributed by atoms with Gasteiger partial charge in [0.05, 0.1) is 23.5 Å². The molecule has 0 saturated heterocycles. The third-order valence-electron chi connectivity index (χ3n) is 5.91. The zero-order chi connectivity index (χ0) is 23.8. The van der Waals surface area contributed by atoms with Gasteiger partial charge in [-0.3, -0.25) is 9.48 Å². The predicted octanol–water partition coefficient (Wildman–Crippen LogP) is 3.60. The summed E-state index contributed by atoms with van der Waals surface area (Å²) in [5.41, 5.74) is 0.994. The Balaban J connectivity index is 1.63. The number of pyridine rings is 1. The quantitative estimate of drug-likeness (QED) is 0.632. The maximum absolute atomic E-state index is 15.4. The minimum Gasteiger partial charge on any atom is -0.444 e. The molecule has 3 N–H and O–H groups in total. The molecule has 1 fully saturated rings. The Morgan fingerprint density at radius 1 is 1.30 bits per heavy atom. The van der Waals surface area contributed by atoms with Crippen molar-refractivity contribution in [3.8, 4) is 11.3 Å². The second kappa shape index (κ2) is 8.99. The lowest BCUT2D eigenvalue weighted by Gasteiger charge is -2.34. The van der Waals surface area contributed by atoms with Crippen LogP contribution in [0.1, 0.15) is 69.3 Å². The van der Waals surface area contributed by atoms with E-state index in [-0.39, 0.29) is 35.9 Å². The Bertz CT molecular complexity index is 1060. The molecule has 0 radical (unpaired) electrons.